The van der Waals surface area contributed by atoms with E-state index in [2.05, 4.69) is 79.4 Å². The van der Waals surface area contributed by atoms with Crippen molar-refractivity contribution in [2.45, 2.75) is 32.2 Å². The van der Waals surface area contributed by atoms with Crippen LogP contribution < -0.4 is 9.47 Å². The van der Waals surface area contributed by atoms with E-state index in [1.165, 1.54) is 16.3 Å². The highest BCUT2D eigenvalue weighted by Gasteiger charge is 2.40. The van der Waals surface area contributed by atoms with Crippen molar-refractivity contribution in [3.05, 3.63) is 102 Å². The third kappa shape index (κ3) is 4.97. The fourth-order valence-corrected chi connectivity index (χ4v) is 6.17. The molecule has 1 aliphatic rings. The predicted molar refractivity (Wildman–Crippen MR) is 154 cm³/mol. The second-order valence-electron chi connectivity index (χ2n) is 10.2. The first kappa shape index (κ1) is 26.1. The van der Waals surface area contributed by atoms with Gasteiger partial charge in [-0.1, -0.05) is 68.5 Å². The van der Waals surface area contributed by atoms with Crippen LogP contribution in [0, 0.1) is 0 Å². The molecule has 1 aliphatic heterocycles. The first-order chi connectivity index (χ1) is 18.2. The molecule has 6 nitrogen and oxygen atoms in total. The van der Waals surface area contributed by atoms with Crippen molar-refractivity contribution in [1.82, 2.24) is 0 Å². The SMILES string of the molecule is CC1(C)C(=CC=Cc2cc[n+](CCO)c3ccccc23)N(CCCS(=O)(=O)O)c2ccc3ccccc3c21. The highest BCUT2D eigenvalue weighted by Crippen LogP contribution is 2.50. The van der Waals surface area contributed by atoms with Gasteiger partial charge in [-0.15, -0.1) is 0 Å². The number of hydrogen-bond donors (Lipinski definition) is 2. The second-order valence-corrected chi connectivity index (χ2v) is 11.8. The van der Waals surface area contributed by atoms with E-state index >= 15 is 0 Å². The van der Waals surface area contributed by atoms with Crippen molar-refractivity contribution in [2.24, 2.45) is 0 Å². The molecule has 0 saturated carbocycles. The number of fused-ring (bicyclic) bond motifs is 4. The van der Waals surface area contributed by atoms with Crippen LogP contribution in [0.1, 0.15) is 31.4 Å². The summed E-state index contributed by atoms with van der Waals surface area (Å²) in [4.78, 5) is 2.19. The lowest BCUT2D eigenvalue weighted by molar-refractivity contribution is -0.672. The average Bonchev–Trinajstić information content (AvgIpc) is 3.10. The van der Waals surface area contributed by atoms with Gasteiger partial charge in [0.2, 0.25) is 5.52 Å². The molecule has 0 amide bonds. The number of aliphatic hydroxyl groups excluding tert-OH is 1. The van der Waals surface area contributed by atoms with Crippen LogP contribution >= 0.6 is 0 Å². The highest BCUT2D eigenvalue weighted by atomic mass is 32.2. The molecule has 0 atom stereocenters. The number of aromatic nitrogens is 1. The molecule has 0 aliphatic carbocycles. The van der Waals surface area contributed by atoms with E-state index in [1.807, 2.05) is 35.0 Å². The minimum atomic E-state index is -4.03. The quantitative estimate of drug-likeness (QED) is 0.241. The largest absolute Gasteiger partial charge is 0.390 e. The fraction of sp³-hybridized carbons (Fsp3) is 0.258. The van der Waals surface area contributed by atoms with E-state index in [9.17, 15) is 18.1 Å². The Morgan fingerprint density at radius 2 is 1.71 bits per heavy atom. The molecule has 0 radical (unpaired) electrons. The summed E-state index contributed by atoms with van der Waals surface area (Å²) >= 11 is 0. The minimum absolute atomic E-state index is 0.0771. The number of benzene rings is 3. The highest BCUT2D eigenvalue weighted by molar-refractivity contribution is 7.85. The van der Waals surface area contributed by atoms with Gasteiger partial charge in [0.15, 0.2) is 12.7 Å². The Bertz CT molecular complexity index is 1670. The standard InChI is InChI=1S/C31H32N2O4S/c1-31(2)29(14-7-10-24-17-19-32(20-21-34)27-13-6-5-11-25(24)27)33(18-8-22-38(35,36)37)28-16-15-23-9-3-4-12-26(23)30(28)31/h3-7,9-17,19,34H,8,18,20-22H2,1-2H3/p+1. The summed E-state index contributed by atoms with van der Waals surface area (Å²) in [5.41, 5.74) is 5.18. The molecule has 196 valence electrons. The molecule has 38 heavy (non-hydrogen) atoms. The van der Waals surface area contributed by atoms with Crippen molar-refractivity contribution < 1.29 is 22.6 Å². The average molecular weight is 530 g/mol. The molecule has 0 spiro atoms. The monoisotopic (exact) mass is 529 g/mol. The van der Waals surface area contributed by atoms with Gasteiger partial charge in [-0.05, 0) is 46.5 Å². The Balaban J connectivity index is 1.57. The van der Waals surface area contributed by atoms with Crippen molar-refractivity contribution in [3.63, 3.8) is 0 Å². The van der Waals surface area contributed by atoms with Crippen LogP contribution in [0.3, 0.4) is 0 Å². The van der Waals surface area contributed by atoms with Gasteiger partial charge in [-0.25, -0.2) is 0 Å². The summed E-state index contributed by atoms with van der Waals surface area (Å²) in [5.74, 6) is -0.278. The maximum atomic E-state index is 11.4. The van der Waals surface area contributed by atoms with E-state index in [0.29, 0.717) is 19.5 Å². The number of allylic oxidation sites excluding steroid dienone is 3. The van der Waals surface area contributed by atoms with Gasteiger partial charge in [0.25, 0.3) is 10.1 Å². The summed E-state index contributed by atoms with van der Waals surface area (Å²) in [7, 11) is -4.03. The van der Waals surface area contributed by atoms with E-state index in [0.717, 1.165) is 27.9 Å². The van der Waals surface area contributed by atoms with Crippen LogP contribution in [0.2, 0.25) is 0 Å². The van der Waals surface area contributed by atoms with Gasteiger partial charge in [-0.3, -0.25) is 4.55 Å². The summed E-state index contributed by atoms with van der Waals surface area (Å²) in [6, 6.07) is 22.8. The minimum Gasteiger partial charge on any atom is -0.390 e. The molecule has 1 aromatic heterocycles. The van der Waals surface area contributed by atoms with Crippen molar-refractivity contribution in [3.8, 4) is 0 Å². The first-order valence-electron chi connectivity index (χ1n) is 12.9. The molecule has 0 fully saturated rings. The van der Waals surface area contributed by atoms with Crippen LogP contribution in [-0.2, 0) is 22.1 Å². The van der Waals surface area contributed by atoms with E-state index in [4.69, 9.17) is 0 Å². The molecule has 0 saturated heterocycles. The summed E-state index contributed by atoms with van der Waals surface area (Å²) < 4.78 is 34.2. The fourth-order valence-electron chi connectivity index (χ4n) is 5.68. The Morgan fingerprint density at radius 1 is 0.974 bits per heavy atom. The lowest BCUT2D eigenvalue weighted by Gasteiger charge is -2.27. The summed E-state index contributed by atoms with van der Waals surface area (Å²) in [6.07, 6.45) is 8.57. The Hall–Kier alpha value is -3.52. The lowest BCUT2D eigenvalue weighted by atomic mass is 9.81. The number of nitrogens with zero attached hydrogens (tertiary/aromatic N) is 2. The van der Waals surface area contributed by atoms with Crippen molar-refractivity contribution in [2.75, 3.05) is 23.8 Å². The Morgan fingerprint density at radius 3 is 2.47 bits per heavy atom. The molecule has 7 heteroatoms. The van der Waals surface area contributed by atoms with Gasteiger partial charge in [-0.2, -0.15) is 13.0 Å². The van der Waals surface area contributed by atoms with Crippen LogP contribution in [-0.4, -0.2) is 37.0 Å². The predicted octanol–water partition coefficient (Wildman–Crippen LogP) is 5.25. The molecule has 4 aromatic rings. The third-order valence-electron chi connectivity index (χ3n) is 7.37. The van der Waals surface area contributed by atoms with E-state index in [-0.39, 0.29) is 17.8 Å². The Labute approximate surface area is 223 Å². The molecule has 0 bridgehead atoms. The van der Waals surface area contributed by atoms with Gasteiger partial charge in [0.1, 0.15) is 6.61 Å². The Kier molecular flexibility index (Phi) is 7.09. The zero-order valence-corrected chi connectivity index (χ0v) is 22.5. The topological polar surface area (TPSA) is 81.7 Å². The number of anilines is 1. The number of rotatable bonds is 8. The van der Waals surface area contributed by atoms with Crippen LogP contribution in [0.4, 0.5) is 5.69 Å². The van der Waals surface area contributed by atoms with Crippen LogP contribution in [0.15, 0.2) is 90.8 Å². The molecule has 0 unspecified atom stereocenters. The third-order valence-corrected chi connectivity index (χ3v) is 8.17. The molecular weight excluding hydrogens is 496 g/mol. The van der Waals surface area contributed by atoms with Gasteiger partial charge in [0.05, 0.1) is 11.1 Å². The maximum absolute atomic E-state index is 11.4. The lowest BCUT2D eigenvalue weighted by Crippen LogP contribution is -2.36. The molecule has 3 aromatic carbocycles. The first-order valence-corrected chi connectivity index (χ1v) is 14.5. The molecular formula is C31H33N2O4S+. The van der Waals surface area contributed by atoms with E-state index < -0.39 is 10.1 Å². The van der Waals surface area contributed by atoms with E-state index in [1.54, 1.807) is 0 Å². The van der Waals surface area contributed by atoms with Crippen LogP contribution in [0.5, 0.6) is 0 Å². The number of hydrogen-bond acceptors (Lipinski definition) is 4. The summed E-state index contributed by atoms with van der Waals surface area (Å²) in [5, 5.41) is 12.9. The number of aliphatic hydroxyl groups is 1. The zero-order chi connectivity index (χ0) is 26.9. The summed E-state index contributed by atoms with van der Waals surface area (Å²) in [6.45, 7) is 5.50. The van der Waals surface area contributed by atoms with Crippen molar-refractivity contribution in [1.29, 1.82) is 0 Å². The number of pyridine rings is 1. The van der Waals surface area contributed by atoms with Gasteiger partial charge >= 0.3 is 0 Å². The molecule has 2 heterocycles. The van der Waals surface area contributed by atoms with Gasteiger partial charge < -0.3 is 10.0 Å². The molecule has 5 rings (SSSR count). The normalized spacial score (nSPS) is 16.2. The van der Waals surface area contributed by atoms with Gasteiger partial charge in [0, 0.05) is 35.5 Å². The van der Waals surface area contributed by atoms with Crippen molar-refractivity contribution >= 4 is 43.6 Å². The number of para-hydroxylation sites is 1. The second kappa shape index (κ2) is 10.3. The zero-order valence-electron chi connectivity index (χ0n) is 21.7. The smallest absolute Gasteiger partial charge is 0.264 e. The maximum Gasteiger partial charge on any atom is 0.264 e. The molecule has 2 N–H and O–H groups in total. The van der Waals surface area contributed by atoms with Crippen LogP contribution in [0.25, 0.3) is 27.8 Å².